The number of hydrogen-bond donors (Lipinski definition) is 1. The first-order chi connectivity index (χ1) is 14.1. The van der Waals surface area contributed by atoms with E-state index < -0.39 is 6.10 Å². The van der Waals surface area contributed by atoms with Crippen LogP contribution in [-0.4, -0.2) is 48.8 Å². The Morgan fingerprint density at radius 3 is 2.52 bits per heavy atom. The molecule has 3 aromatic rings. The van der Waals surface area contributed by atoms with Gasteiger partial charge in [-0.25, -0.2) is 4.98 Å². The van der Waals surface area contributed by atoms with Crippen molar-refractivity contribution in [2.75, 3.05) is 27.9 Å². The van der Waals surface area contributed by atoms with E-state index in [2.05, 4.69) is 4.98 Å². The van der Waals surface area contributed by atoms with E-state index in [4.69, 9.17) is 14.2 Å². The molecule has 2 heterocycles. The van der Waals surface area contributed by atoms with Crippen molar-refractivity contribution in [3.05, 3.63) is 59.3 Å². The average molecular weight is 394 g/mol. The summed E-state index contributed by atoms with van der Waals surface area (Å²) >= 11 is 0. The molecule has 29 heavy (non-hydrogen) atoms. The molecule has 1 atom stereocenters. The van der Waals surface area contributed by atoms with Gasteiger partial charge in [-0.15, -0.1) is 0 Å². The van der Waals surface area contributed by atoms with E-state index in [1.165, 1.54) is 7.11 Å². The largest absolute Gasteiger partial charge is 0.496 e. The van der Waals surface area contributed by atoms with Crippen molar-refractivity contribution in [1.82, 2.24) is 9.88 Å². The van der Waals surface area contributed by atoms with Crippen LogP contribution in [0.5, 0.6) is 17.4 Å². The van der Waals surface area contributed by atoms with Gasteiger partial charge in [0.2, 0.25) is 5.88 Å². The van der Waals surface area contributed by atoms with Crippen LogP contribution >= 0.6 is 0 Å². The van der Waals surface area contributed by atoms with Crippen LogP contribution < -0.4 is 14.2 Å². The Kier molecular flexibility index (Phi) is 4.98. The third-order valence-corrected chi connectivity index (χ3v) is 5.19. The molecule has 7 nitrogen and oxygen atoms in total. The van der Waals surface area contributed by atoms with Crippen molar-refractivity contribution < 1.29 is 24.1 Å². The molecule has 2 aromatic carbocycles. The lowest BCUT2D eigenvalue weighted by molar-refractivity contribution is 0.0533. The molecule has 1 aromatic heterocycles. The summed E-state index contributed by atoms with van der Waals surface area (Å²) in [5, 5.41) is 12.5. The molecule has 4 rings (SSSR count). The summed E-state index contributed by atoms with van der Waals surface area (Å²) in [6, 6.07) is 12.9. The van der Waals surface area contributed by atoms with Crippen LogP contribution in [0.1, 0.15) is 27.7 Å². The molecule has 0 spiro atoms. The highest BCUT2D eigenvalue weighted by molar-refractivity contribution is 5.98. The summed E-state index contributed by atoms with van der Waals surface area (Å²) < 4.78 is 16.2. The number of benzene rings is 2. The molecule has 0 unspecified atom stereocenters. The van der Waals surface area contributed by atoms with Crippen LogP contribution in [0, 0.1) is 0 Å². The summed E-state index contributed by atoms with van der Waals surface area (Å²) in [5.74, 6) is 1.28. The number of aliphatic hydroxyl groups excluding tert-OH is 1. The highest BCUT2D eigenvalue weighted by Crippen LogP contribution is 2.39. The van der Waals surface area contributed by atoms with Gasteiger partial charge in [0, 0.05) is 16.5 Å². The lowest BCUT2D eigenvalue weighted by Gasteiger charge is -2.33. The number of nitrogens with zero attached hydrogens (tertiary/aromatic N) is 2. The second-order valence-corrected chi connectivity index (χ2v) is 6.80. The molecule has 150 valence electrons. The molecule has 1 aliphatic rings. The van der Waals surface area contributed by atoms with Gasteiger partial charge >= 0.3 is 0 Å². The van der Waals surface area contributed by atoms with Crippen molar-refractivity contribution >= 4 is 16.7 Å². The molecule has 0 saturated carbocycles. The molecule has 1 N–H and O–H groups in total. The number of carbonyl (C=O) groups is 1. The number of ether oxygens (including phenoxy) is 3. The fourth-order valence-corrected chi connectivity index (χ4v) is 3.83. The second kappa shape index (κ2) is 7.60. The van der Waals surface area contributed by atoms with E-state index in [1.807, 2.05) is 24.3 Å². The highest BCUT2D eigenvalue weighted by atomic mass is 16.5. The molecule has 1 aliphatic heterocycles. The van der Waals surface area contributed by atoms with E-state index >= 15 is 0 Å². The van der Waals surface area contributed by atoms with Gasteiger partial charge in [0.1, 0.15) is 23.3 Å². The zero-order chi connectivity index (χ0) is 20.5. The van der Waals surface area contributed by atoms with Gasteiger partial charge in [-0.1, -0.05) is 18.2 Å². The predicted molar refractivity (Wildman–Crippen MR) is 108 cm³/mol. The first-order valence-corrected chi connectivity index (χ1v) is 9.22. The molecule has 0 radical (unpaired) electrons. The smallest absolute Gasteiger partial charge is 0.273 e. The van der Waals surface area contributed by atoms with E-state index in [0.717, 1.165) is 16.3 Å². The fraction of sp³-hybridized carbons (Fsp3) is 0.273. The van der Waals surface area contributed by atoms with Crippen LogP contribution in [0.15, 0.2) is 42.5 Å². The third-order valence-electron chi connectivity index (χ3n) is 5.19. The van der Waals surface area contributed by atoms with Crippen molar-refractivity contribution in [3.8, 4) is 17.4 Å². The number of aromatic nitrogens is 1. The topological polar surface area (TPSA) is 81.1 Å². The molecule has 0 fully saturated rings. The number of fused-ring (bicyclic) bond motifs is 2. The van der Waals surface area contributed by atoms with Gasteiger partial charge in [-0.2, -0.15) is 0 Å². The van der Waals surface area contributed by atoms with Gasteiger partial charge in [-0.05, 0) is 29.7 Å². The van der Waals surface area contributed by atoms with Gasteiger partial charge in [0.25, 0.3) is 5.91 Å². The summed E-state index contributed by atoms with van der Waals surface area (Å²) in [6.45, 7) is 0.411. The Balaban J connectivity index is 1.74. The standard InChI is InChI=1S/C22H22N2O5/c1-27-18-8-9-19(28-2)20-15(18)11-24(12-17(20)25)22(26)16-10-13-6-4-5-7-14(13)21(23-16)29-3/h4-10,17,25H,11-12H2,1-3H3/t17-/m0/s1. The first-order valence-electron chi connectivity index (χ1n) is 9.22. The number of β-amino-alcohol motifs (C(OH)–C–C–N with tert-alkyl or cyclic N) is 1. The predicted octanol–water partition coefficient (Wildman–Crippen LogP) is 2.95. The van der Waals surface area contributed by atoms with Crippen LogP contribution in [-0.2, 0) is 6.54 Å². The van der Waals surface area contributed by atoms with Crippen molar-refractivity contribution in [1.29, 1.82) is 0 Å². The normalized spacial score (nSPS) is 15.7. The van der Waals surface area contributed by atoms with Crippen LogP contribution in [0.3, 0.4) is 0 Å². The molecule has 7 heteroatoms. The quantitative estimate of drug-likeness (QED) is 0.733. The van der Waals surface area contributed by atoms with Crippen molar-refractivity contribution in [3.63, 3.8) is 0 Å². The molecular weight excluding hydrogens is 372 g/mol. The molecule has 0 saturated heterocycles. The summed E-state index contributed by atoms with van der Waals surface area (Å²) in [7, 11) is 4.64. The van der Waals surface area contributed by atoms with Crippen LogP contribution in [0.4, 0.5) is 0 Å². The number of amides is 1. The van der Waals surface area contributed by atoms with Gasteiger partial charge in [0.15, 0.2) is 0 Å². The van der Waals surface area contributed by atoms with Crippen LogP contribution in [0.2, 0.25) is 0 Å². The van der Waals surface area contributed by atoms with Gasteiger partial charge in [-0.3, -0.25) is 4.79 Å². The molecule has 1 amide bonds. The Hall–Kier alpha value is -3.32. The Bertz CT molecular complexity index is 1080. The van der Waals surface area contributed by atoms with Gasteiger partial charge in [0.05, 0.1) is 34.4 Å². The number of pyridine rings is 1. The SMILES string of the molecule is COc1ccc(OC)c2c1CN(C(=O)c1cc3ccccc3c(OC)n1)C[C@@H]2O. The number of rotatable bonds is 4. The highest BCUT2D eigenvalue weighted by Gasteiger charge is 2.33. The zero-order valence-corrected chi connectivity index (χ0v) is 16.5. The summed E-state index contributed by atoms with van der Waals surface area (Å²) in [6.07, 6.45) is -0.893. The monoisotopic (exact) mass is 394 g/mol. The number of methoxy groups -OCH3 is 3. The number of carbonyl (C=O) groups excluding carboxylic acids is 1. The van der Waals surface area contributed by atoms with Gasteiger partial charge < -0.3 is 24.2 Å². The summed E-state index contributed by atoms with van der Waals surface area (Å²) in [4.78, 5) is 19.2. The lowest BCUT2D eigenvalue weighted by atomic mass is 9.95. The van der Waals surface area contributed by atoms with E-state index in [-0.39, 0.29) is 24.7 Å². The Labute approximate surface area is 168 Å². The second-order valence-electron chi connectivity index (χ2n) is 6.80. The fourth-order valence-electron chi connectivity index (χ4n) is 3.83. The van der Waals surface area contributed by atoms with Crippen LogP contribution in [0.25, 0.3) is 10.8 Å². The maximum atomic E-state index is 13.2. The van der Waals surface area contributed by atoms with E-state index in [0.29, 0.717) is 22.9 Å². The third kappa shape index (κ3) is 3.23. The Morgan fingerprint density at radius 2 is 1.79 bits per heavy atom. The maximum absolute atomic E-state index is 13.2. The molecule has 0 aliphatic carbocycles. The average Bonchev–Trinajstić information content (AvgIpc) is 2.76. The molecular formula is C22H22N2O5. The number of aliphatic hydroxyl groups is 1. The minimum Gasteiger partial charge on any atom is -0.496 e. The maximum Gasteiger partial charge on any atom is 0.273 e. The van der Waals surface area contributed by atoms with Crippen molar-refractivity contribution in [2.24, 2.45) is 0 Å². The first kappa shape index (κ1) is 19.0. The van der Waals surface area contributed by atoms with E-state index in [1.54, 1.807) is 37.3 Å². The van der Waals surface area contributed by atoms with Crippen molar-refractivity contribution in [2.45, 2.75) is 12.6 Å². The summed E-state index contributed by atoms with van der Waals surface area (Å²) in [5.41, 5.74) is 1.64. The lowest BCUT2D eigenvalue weighted by Crippen LogP contribution is -2.39. The number of hydrogen-bond acceptors (Lipinski definition) is 6. The molecule has 0 bridgehead atoms. The zero-order valence-electron chi connectivity index (χ0n) is 16.5. The van der Waals surface area contributed by atoms with E-state index in [9.17, 15) is 9.90 Å². The minimum absolute atomic E-state index is 0.131. The minimum atomic E-state index is -0.893. The Morgan fingerprint density at radius 1 is 1.07 bits per heavy atom.